The van der Waals surface area contributed by atoms with Crippen LogP contribution in [0.1, 0.15) is 11.3 Å². The van der Waals surface area contributed by atoms with E-state index in [4.69, 9.17) is 5.11 Å². The average molecular weight is 240 g/mol. The molecule has 2 heterocycles. The Kier molecular flexibility index (Phi) is 2.30. The van der Waals surface area contributed by atoms with Crippen molar-refractivity contribution >= 4 is 22.5 Å². The second-order valence-electron chi connectivity index (χ2n) is 4.36. The van der Waals surface area contributed by atoms with E-state index in [0.29, 0.717) is 5.69 Å². The van der Waals surface area contributed by atoms with E-state index in [0.717, 1.165) is 22.1 Å². The van der Waals surface area contributed by atoms with Crippen LogP contribution in [0.3, 0.4) is 0 Å². The molecule has 0 unspecified atom stereocenters. The number of para-hydroxylation sites is 1. The number of fused-ring (bicyclic) bond motifs is 3. The summed E-state index contributed by atoms with van der Waals surface area (Å²) in [6, 6.07) is 9.96. The number of benzene rings is 1. The molecule has 0 radical (unpaired) electrons. The van der Waals surface area contributed by atoms with Crippen molar-refractivity contribution in [2.45, 2.75) is 13.3 Å². The molecule has 4 heteroatoms. The molecule has 1 aromatic carbocycles. The number of carboxylic acids is 1. The van der Waals surface area contributed by atoms with Crippen molar-refractivity contribution in [3.05, 3.63) is 47.8 Å². The molecule has 90 valence electrons. The first-order chi connectivity index (χ1) is 8.66. The fourth-order valence-electron chi connectivity index (χ4n) is 2.34. The molecule has 1 N–H and O–H groups in total. The molecule has 0 bridgehead atoms. The molecule has 0 aliphatic heterocycles. The molecule has 18 heavy (non-hydrogen) atoms. The van der Waals surface area contributed by atoms with Crippen molar-refractivity contribution in [1.29, 1.82) is 0 Å². The highest BCUT2D eigenvalue weighted by molar-refractivity contribution is 5.85. The number of aryl methyl sites for hydroxylation is 1. The van der Waals surface area contributed by atoms with Gasteiger partial charge in [-0.2, -0.15) is 0 Å². The van der Waals surface area contributed by atoms with Crippen LogP contribution in [-0.2, 0) is 11.2 Å². The first-order valence-corrected chi connectivity index (χ1v) is 5.73. The molecule has 4 nitrogen and oxygen atoms in total. The van der Waals surface area contributed by atoms with Crippen molar-refractivity contribution in [2.75, 3.05) is 0 Å². The van der Waals surface area contributed by atoms with Crippen LogP contribution in [0.15, 0.2) is 36.5 Å². The minimum Gasteiger partial charge on any atom is -0.481 e. The van der Waals surface area contributed by atoms with E-state index >= 15 is 0 Å². The lowest BCUT2D eigenvalue weighted by molar-refractivity contribution is -0.136. The van der Waals surface area contributed by atoms with Crippen LogP contribution in [-0.4, -0.2) is 20.5 Å². The maximum Gasteiger partial charge on any atom is 0.309 e. The highest BCUT2D eigenvalue weighted by Crippen LogP contribution is 2.22. The minimum absolute atomic E-state index is 0.0192. The first kappa shape index (κ1) is 10.8. The molecule has 3 rings (SSSR count). The predicted octanol–water partition coefficient (Wildman–Crippen LogP) is 2.42. The summed E-state index contributed by atoms with van der Waals surface area (Å²) in [6.45, 7) is 2.02. The van der Waals surface area contributed by atoms with Gasteiger partial charge in [0.15, 0.2) is 0 Å². The van der Waals surface area contributed by atoms with Gasteiger partial charge in [0.25, 0.3) is 0 Å². The SMILES string of the molecule is Cc1cccc2ccc3ncc(CC(=O)O)n3c12. The molecule has 0 spiro atoms. The van der Waals surface area contributed by atoms with Gasteiger partial charge in [-0.05, 0) is 30.0 Å². The second-order valence-corrected chi connectivity index (χ2v) is 4.36. The number of imidazole rings is 1. The van der Waals surface area contributed by atoms with Gasteiger partial charge in [0.2, 0.25) is 0 Å². The number of hydrogen-bond acceptors (Lipinski definition) is 2. The Hall–Kier alpha value is -2.36. The normalized spacial score (nSPS) is 11.2. The van der Waals surface area contributed by atoms with E-state index in [1.165, 1.54) is 0 Å². The zero-order chi connectivity index (χ0) is 12.7. The summed E-state index contributed by atoms with van der Waals surface area (Å²) in [5, 5.41) is 10.0. The molecule has 0 atom stereocenters. The number of aromatic nitrogens is 2. The third-order valence-electron chi connectivity index (χ3n) is 3.10. The first-order valence-electron chi connectivity index (χ1n) is 5.73. The fraction of sp³-hybridized carbons (Fsp3) is 0.143. The van der Waals surface area contributed by atoms with Crippen LogP contribution < -0.4 is 0 Å². The zero-order valence-corrected chi connectivity index (χ0v) is 9.92. The topological polar surface area (TPSA) is 54.6 Å². The monoisotopic (exact) mass is 240 g/mol. The minimum atomic E-state index is -0.845. The van der Waals surface area contributed by atoms with E-state index in [9.17, 15) is 4.79 Å². The summed E-state index contributed by atoms with van der Waals surface area (Å²) >= 11 is 0. The van der Waals surface area contributed by atoms with Crippen molar-refractivity contribution in [3.63, 3.8) is 0 Å². The predicted molar refractivity (Wildman–Crippen MR) is 68.8 cm³/mol. The van der Waals surface area contributed by atoms with Gasteiger partial charge < -0.3 is 5.11 Å². The maximum atomic E-state index is 10.9. The van der Waals surface area contributed by atoms with E-state index in [1.807, 2.05) is 41.7 Å². The highest BCUT2D eigenvalue weighted by Gasteiger charge is 2.11. The zero-order valence-electron chi connectivity index (χ0n) is 9.92. The number of carbonyl (C=O) groups is 1. The number of carboxylic acid groups (broad SMARTS) is 1. The van der Waals surface area contributed by atoms with Crippen molar-refractivity contribution in [3.8, 4) is 0 Å². The Bertz CT molecular complexity index is 759. The van der Waals surface area contributed by atoms with Crippen LogP contribution in [0.5, 0.6) is 0 Å². The highest BCUT2D eigenvalue weighted by atomic mass is 16.4. The van der Waals surface area contributed by atoms with Gasteiger partial charge in [0.1, 0.15) is 5.65 Å². The smallest absolute Gasteiger partial charge is 0.309 e. The van der Waals surface area contributed by atoms with Gasteiger partial charge >= 0.3 is 5.97 Å². The molecule has 2 aromatic heterocycles. The Labute approximate surface area is 104 Å². The summed E-state index contributed by atoms with van der Waals surface area (Å²) in [4.78, 5) is 15.2. The third-order valence-corrected chi connectivity index (χ3v) is 3.10. The van der Waals surface area contributed by atoms with Crippen LogP contribution in [0.25, 0.3) is 16.6 Å². The molecular formula is C14H12N2O2. The largest absolute Gasteiger partial charge is 0.481 e. The quantitative estimate of drug-likeness (QED) is 0.748. The molecule has 0 fully saturated rings. The summed E-state index contributed by atoms with van der Waals surface area (Å²) in [7, 11) is 0. The maximum absolute atomic E-state index is 10.9. The summed E-state index contributed by atoms with van der Waals surface area (Å²) in [5.74, 6) is -0.845. The molecular weight excluding hydrogens is 228 g/mol. The van der Waals surface area contributed by atoms with Crippen LogP contribution in [0.4, 0.5) is 0 Å². The van der Waals surface area contributed by atoms with E-state index in [2.05, 4.69) is 4.98 Å². The standard InChI is InChI=1S/C14H12N2O2/c1-9-3-2-4-10-5-6-12-15-8-11(7-13(17)18)16(12)14(9)10/h2-6,8H,7H2,1H3,(H,17,18). The van der Waals surface area contributed by atoms with Crippen LogP contribution in [0.2, 0.25) is 0 Å². The van der Waals surface area contributed by atoms with Crippen LogP contribution >= 0.6 is 0 Å². The number of pyridine rings is 1. The van der Waals surface area contributed by atoms with Gasteiger partial charge in [0, 0.05) is 6.20 Å². The number of hydrogen-bond donors (Lipinski definition) is 1. The second kappa shape index (κ2) is 3.84. The molecule has 0 aliphatic rings. The van der Waals surface area contributed by atoms with Gasteiger partial charge in [-0.3, -0.25) is 9.20 Å². The lowest BCUT2D eigenvalue weighted by Crippen LogP contribution is -2.04. The molecule has 3 aromatic rings. The van der Waals surface area contributed by atoms with Gasteiger partial charge in [-0.15, -0.1) is 0 Å². The number of aliphatic carboxylic acids is 1. The Morgan fingerprint density at radius 1 is 1.33 bits per heavy atom. The van der Waals surface area contributed by atoms with Gasteiger partial charge in [-0.25, -0.2) is 4.98 Å². The molecule has 0 saturated carbocycles. The summed E-state index contributed by atoms with van der Waals surface area (Å²) in [6.07, 6.45) is 1.62. The van der Waals surface area contributed by atoms with Crippen molar-refractivity contribution in [2.24, 2.45) is 0 Å². The van der Waals surface area contributed by atoms with E-state index in [1.54, 1.807) is 6.20 Å². The Morgan fingerprint density at radius 2 is 2.17 bits per heavy atom. The lowest BCUT2D eigenvalue weighted by atomic mass is 10.1. The van der Waals surface area contributed by atoms with Gasteiger partial charge in [0.05, 0.1) is 17.6 Å². The van der Waals surface area contributed by atoms with Crippen molar-refractivity contribution < 1.29 is 9.90 Å². The Morgan fingerprint density at radius 3 is 2.94 bits per heavy atom. The molecule has 0 aliphatic carbocycles. The fourth-order valence-corrected chi connectivity index (χ4v) is 2.34. The lowest BCUT2D eigenvalue weighted by Gasteiger charge is -2.07. The third kappa shape index (κ3) is 1.54. The average Bonchev–Trinajstić information content (AvgIpc) is 2.72. The Balaban J connectivity index is 2.43. The van der Waals surface area contributed by atoms with E-state index in [-0.39, 0.29) is 6.42 Å². The van der Waals surface area contributed by atoms with Gasteiger partial charge in [-0.1, -0.05) is 18.2 Å². The molecule has 0 saturated heterocycles. The van der Waals surface area contributed by atoms with Crippen LogP contribution in [0, 0.1) is 6.92 Å². The number of rotatable bonds is 2. The summed E-state index contributed by atoms with van der Waals surface area (Å²) in [5.41, 5.74) is 3.64. The molecule has 0 amide bonds. The number of nitrogens with zero attached hydrogens (tertiary/aromatic N) is 2. The summed E-state index contributed by atoms with van der Waals surface area (Å²) < 4.78 is 1.93. The van der Waals surface area contributed by atoms with Crippen molar-refractivity contribution in [1.82, 2.24) is 9.38 Å². The van der Waals surface area contributed by atoms with E-state index < -0.39 is 5.97 Å².